The Morgan fingerprint density at radius 2 is 1.62 bits per heavy atom. The molecule has 0 bridgehead atoms. The summed E-state index contributed by atoms with van der Waals surface area (Å²) in [5.41, 5.74) is 0.892. The minimum absolute atomic E-state index is 0.192. The zero-order valence-electron chi connectivity index (χ0n) is 21.1. The van der Waals surface area contributed by atoms with Gasteiger partial charge in [-0.05, 0) is 36.1 Å². The number of anilines is 1. The molecule has 3 aromatic rings. The molecule has 13 heteroatoms. The number of carboxylic acid groups (broad SMARTS) is 1. The number of likely N-dealkylation sites (N-methyl/N-ethyl adjacent to an activating group) is 1. The van der Waals surface area contributed by atoms with E-state index in [1.54, 1.807) is 4.57 Å². The molecular weight excluding hydrogens is 539 g/mol. The zero-order valence-corrected chi connectivity index (χ0v) is 21.8. The number of benzene rings is 2. The average Bonchev–Trinajstić information content (AvgIpc) is 3.15. The van der Waals surface area contributed by atoms with Gasteiger partial charge >= 0.3 is 23.3 Å². The molecule has 0 amide bonds. The number of halogens is 4. The van der Waals surface area contributed by atoms with Crippen molar-refractivity contribution < 1.29 is 23.1 Å². The van der Waals surface area contributed by atoms with Gasteiger partial charge in [0.25, 0.3) is 0 Å². The Labute approximate surface area is 226 Å². The Morgan fingerprint density at radius 1 is 1.00 bits per heavy atom. The monoisotopic (exact) mass is 565 g/mol. The standard InChI is InChI=1S/C24H26ClN5O2.C2HF3O2/c1-27-23-26-30(16-18-6-3-2-4-7-18)22(32)21(31)29(23)17-24(27)10-12-28(13-11-24)15-19-8-5-9-20(25)14-19;3-2(4,5)1(6)7/h2-9,14H,10-13,15-17H2,1H3;(H,6,7). The first kappa shape index (κ1) is 28.4. The molecule has 3 heterocycles. The van der Waals surface area contributed by atoms with E-state index in [4.69, 9.17) is 21.5 Å². The van der Waals surface area contributed by atoms with Gasteiger partial charge in [0.2, 0.25) is 5.95 Å². The van der Waals surface area contributed by atoms with Crippen molar-refractivity contribution >= 4 is 23.5 Å². The van der Waals surface area contributed by atoms with Crippen molar-refractivity contribution in [2.45, 2.75) is 44.2 Å². The number of likely N-dealkylation sites (tertiary alicyclic amines) is 1. The molecule has 5 rings (SSSR count). The van der Waals surface area contributed by atoms with E-state index in [1.165, 1.54) is 10.2 Å². The van der Waals surface area contributed by atoms with Crippen LogP contribution in [0.15, 0.2) is 64.2 Å². The number of nitrogens with zero attached hydrogens (tertiary/aromatic N) is 5. The number of hydrogen-bond donors (Lipinski definition) is 1. The zero-order chi connectivity index (χ0) is 28.4. The van der Waals surface area contributed by atoms with E-state index in [0.717, 1.165) is 43.1 Å². The van der Waals surface area contributed by atoms with Crippen LogP contribution in [0.25, 0.3) is 0 Å². The summed E-state index contributed by atoms with van der Waals surface area (Å²) in [6.45, 7) is 3.48. The predicted octanol–water partition coefficient (Wildman–Crippen LogP) is 3.22. The number of aliphatic carboxylic acids is 1. The Morgan fingerprint density at radius 3 is 2.21 bits per heavy atom. The molecule has 0 radical (unpaired) electrons. The fourth-order valence-electron chi connectivity index (χ4n) is 4.91. The normalized spacial score (nSPS) is 16.5. The highest BCUT2D eigenvalue weighted by Gasteiger charge is 2.46. The summed E-state index contributed by atoms with van der Waals surface area (Å²) in [5.74, 6) is -2.18. The fourth-order valence-corrected chi connectivity index (χ4v) is 5.12. The van der Waals surface area contributed by atoms with Crippen molar-refractivity contribution in [3.8, 4) is 0 Å². The third-order valence-electron chi connectivity index (χ3n) is 7.08. The second kappa shape index (κ2) is 11.2. The lowest BCUT2D eigenvalue weighted by molar-refractivity contribution is -0.192. The molecule has 9 nitrogen and oxygen atoms in total. The number of rotatable bonds is 4. The van der Waals surface area contributed by atoms with Crippen LogP contribution in [0.2, 0.25) is 5.02 Å². The first-order valence-electron chi connectivity index (χ1n) is 12.2. The molecular formula is C26H27ClF3N5O4. The maximum atomic E-state index is 12.9. The van der Waals surface area contributed by atoms with E-state index in [1.807, 2.05) is 55.6 Å². The van der Waals surface area contributed by atoms with Gasteiger partial charge in [0.1, 0.15) is 0 Å². The van der Waals surface area contributed by atoms with Gasteiger partial charge < -0.3 is 10.0 Å². The lowest BCUT2D eigenvalue weighted by atomic mass is 9.87. The van der Waals surface area contributed by atoms with Crippen LogP contribution in [0.3, 0.4) is 0 Å². The minimum Gasteiger partial charge on any atom is -0.475 e. The van der Waals surface area contributed by atoms with Crippen LogP contribution in [0.4, 0.5) is 19.1 Å². The van der Waals surface area contributed by atoms with Crippen molar-refractivity contribution in [2.24, 2.45) is 0 Å². The SMILES string of the molecule is CN1c2nn(Cc3ccccc3)c(=O)c(=O)n2CC12CCN(Cc1cccc(Cl)c1)CC2.O=C(O)C(F)(F)F. The minimum atomic E-state index is -5.08. The average molecular weight is 566 g/mol. The Hall–Kier alpha value is -3.64. The van der Waals surface area contributed by atoms with E-state index in [-0.39, 0.29) is 12.1 Å². The Bertz CT molecular complexity index is 1450. The summed E-state index contributed by atoms with van der Waals surface area (Å²) < 4.78 is 34.6. The smallest absolute Gasteiger partial charge is 0.475 e. The molecule has 1 aromatic heterocycles. The third kappa shape index (κ3) is 6.34. The number of carbonyl (C=O) groups is 1. The number of piperidine rings is 1. The quantitative estimate of drug-likeness (QED) is 0.485. The summed E-state index contributed by atoms with van der Waals surface area (Å²) in [5, 5.41) is 12.5. The number of aromatic nitrogens is 3. The van der Waals surface area contributed by atoms with E-state index in [2.05, 4.69) is 21.0 Å². The molecule has 1 saturated heterocycles. The van der Waals surface area contributed by atoms with Crippen LogP contribution in [0, 0.1) is 0 Å². The van der Waals surface area contributed by atoms with Crippen LogP contribution in [-0.2, 0) is 24.4 Å². The highest BCUT2D eigenvalue weighted by molar-refractivity contribution is 6.30. The summed E-state index contributed by atoms with van der Waals surface area (Å²) in [7, 11) is 2.00. The number of carboxylic acids is 1. The van der Waals surface area contributed by atoms with E-state index in [9.17, 15) is 22.8 Å². The molecule has 2 aliphatic rings. The van der Waals surface area contributed by atoms with Gasteiger partial charge in [-0.15, -0.1) is 5.10 Å². The van der Waals surface area contributed by atoms with Gasteiger partial charge in [0, 0.05) is 31.7 Å². The third-order valence-corrected chi connectivity index (χ3v) is 7.31. The number of alkyl halides is 3. The van der Waals surface area contributed by atoms with Gasteiger partial charge in [-0.3, -0.25) is 19.1 Å². The van der Waals surface area contributed by atoms with Crippen LogP contribution < -0.4 is 16.0 Å². The van der Waals surface area contributed by atoms with Crippen molar-refractivity contribution in [2.75, 3.05) is 25.0 Å². The lowest BCUT2D eigenvalue weighted by Gasteiger charge is -2.43. The van der Waals surface area contributed by atoms with Gasteiger partial charge in [-0.1, -0.05) is 54.1 Å². The number of hydrogen-bond acceptors (Lipinski definition) is 6. The van der Waals surface area contributed by atoms with Crippen molar-refractivity contribution in [1.29, 1.82) is 0 Å². The highest BCUT2D eigenvalue weighted by atomic mass is 35.5. The molecule has 0 saturated carbocycles. The molecule has 1 spiro atoms. The molecule has 0 unspecified atom stereocenters. The summed E-state index contributed by atoms with van der Waals surface area (Å²) in [6, 6.07) is 17.6. The van der Waals surface area contributed by atoms with Crippen LogP contribution in [0.1, 0.15) is 24.0 Å². The molecule has 208 valence electrons. The van der Waals surface area contributed by atoms with Gasteiger partial charge in [0.15, 0.2) is 0 Å². The van der Waals surface area contributed by atoms with Crippen molar-refractivity contribution in [3.63, 3.8) is 0 Å². The summed E-state index contributed by atoms with van der Waals surface area (Å²) in [6.07, 6.45) is -3.28. The molecule has 1 fully saturated rings. The first-order chi connectivity index (χ1) is 18.4. The number of fused-ring (bicyclic) bond motifs is 1. The first-order valence-corrected chi connectivity index (χ1v) is 12.5. The second-order valence-corrected chi connectivity index (χ2v) is 10.1. The molecule has 0 atom stereocenters. The topological polar surface area (TPSA) is 101 Å². The lowest BCUT2D eigenvalue weighted by Crippen LogP contribution is -2.53. The molecule has 1 N–H and O–H groups in total. The van der Waals surface area contributed by atoms with E-state index >= 15 is 0 Å². The Balaban J connectivity index is 0.000000448. The maximum Gasteiger partial charge on any atom is 0.490 e. The van der Waals surface area contributed by atoms with Crippen LogP contribution in [-0.4, -0.2) is 62.2 Å². The second-order valence-electron chi connectivity index (χ2n) is 9.63. The maximum absolute atomic E-state index is 12.9. The largest absolute Gasteiger partial charge is 0.490 e. The van der Waals surface area contributed by atoms with Gasteiger partial charge in [0.05, 0.1) is 18.6 Å². The van der Waals surface area contributed by atoms with Crippen LogP contribution >= 0.6 is 11.6 Å². The molecule has 0 aliphatic carbocycles. The van der Waals surface area contributed by atoms with Crippen LogP contribution in [0.5, 0.6) is 0 Å². The Kier molecular flexibility index (Phi) is 8.17. The predicted molar refractivity (Wildman–Crippen MR) is 139 cm³/mol. The fraction of sp³-hybridized carbons (Fsp3) is 0.385. The van der Waals surface area contributed by atoms with Gasteiger partial charge in [-0.25, -0.2) is 9.48 Å². The van der Waals surface area contributed by atoms with Crippen molar-refractivity contribution in [3.05, 3.63) is 91.5 Å². The van der Waals surface area contributed by atoms with Crippen molar-refractivity contribution in [1.82, 2.24) is 19.2 Å². The molecule has 2 aliphatic heterocycles. The van der Waals surface area contributed by atoms with E-state index in [0.29, 0.717) is 12.5 Å². The summed E-state index contributed by atoms with van der Waals surface area (Å²) in [4.78, 5) is 39.1. The van der Waals surface area contributed by atoms with Gasteiger partial charge in [-0.2, -0.15) is 13.2 Å². The molecule has 39 heavy (non-hydrogen) atoms. The molecule has 2 aromatic carbocycles. The summed E-state index contributed by atoms with van der Waals surface area (Å²) >= 11 is 6.13. The van der Waals surface area contributed by atoms with E-state index < -0.39 is 23.3 Å². The highest BCUT2D eigenvalue weighted by Crippen LogP contribution is 2.37.